The summed E-state index contributed by atoms with van der Waals surface area (Å²) in [6.45, 7) is 1.87. The van der Waals surface area contributed by atoms with Gasteiger partial charge in [-0.15, -0.1) is 23.7 Å². The zero-order valence-electron chi connectivity index (χ0n) is 13.1. The van der Waals surface area contributed by atoms with E-state index in [0.29, 0.717) is 29.4 Å². The van der Waals surface area contributed by atoms with Crippen molar-refractivity contribution in [2.75, 3.05) is 13.1 Å². The first-order valence-corrected chi connectivity index (χ1v) is 8.42. The van der Waals surface area contributed by atoms with Crippen molar-refractivity contribution in [2.45, 2.75) is 19.1 Å². The van der Waals surface area contributed by atoms with Gasteiger partial charge in [0.25, 0.3) is 0 Å². The summed E-state index contributed by atoms with van der Waals surface area (Å²) in [4.78, 5) is 16.3. The Morgan fingerprint density at radius 1 is 1.32 bits per heavy atom. The number of carbonyl (C=O) groups excluding carboxylic acids is 1. The molecule has 0 spiro atoms. The van der Waals surface area contributed by atoms with Crippen LogP contribution in [0.15, 0.2) is 29.6 Å². The van der Waals surface area contributed by atoms with Gasteiger partial charge >= 0.3 is 6.18 Å². The van der Waals surface area contributed by atoms with Gasteiger partial charge < -0.3 is 10.6 Å². The Balaban J connectivity index is 0.00000225. The minimum absolute atomic E-state index is 0. The third-order valence-corrected chi connectivity index (χ3v) is 4.83. The Morgan fingerprint density at radius 2 is 2.04 bits per heavy atom. The normalized spacial score (nSPS) is 17.2. The average molecular weight is 392 g/mol. The van der Waals surface area contributed by atoms with E-state index < -0.39 is 11.7 Å². The number of hydrogen-bond acceptors (Lipinski definition) is 4. The fraction of sp³-hybridized carbons (Fsp3) is 0.375. The van der Waals surface area contributed by atoms with Crippen LogP contribution in [0, 0.1) is 5.92 Å². The second kappa shape index (κ2) is 8.16. The third-order valence-electron chi connectivity index (χ3n) is 3.89. The van der Waals surface area contributed by atoms with Gasteiger partial charge in [0.2, 0.25) is 5.91 Å². The zero-order chi connectivity index (χ0) is 17.2. The maximum atomic E-state index is 12.6. The minimum Gasteiger partial charge on any atom is -0.350 e. The topological polar surface area (TPSA) is 54.0 Å². The Morgan fingerprint density at radius 3 is 2.64 bits per heavy atom. The Hall–Kier alpha value is -1.64. The molecule has 0 saturated carbocycles. The molecule has 2 aromatic rings. The highest BCUT2D eigenvalue weighted by Crippen LogP contribution is 2.31. The monoisotopic (exact) mass is 391 g/mol. The largest absolute Gasteiger partial charge is 0.416 e. The predicted molar refractivity (Wildman–Crippen MR) is 92.6 cm³/mol. The van der Waals surface area contributed by atoms with Crippen molar-refractivity contribution in [3.05, 3.63) is 40.9 Å². The van der Waals surface area contributed by atoms with Crippen LogP contribution < -0.4 is 10.6 Å². The second-order valence-electron chi connectivity index (χ2n) is 5.63. The van der Waals surface area contributed by atoms with E-state index in [-0.39, 0.29) is 24.2 Å². The van der Waals surface area contributed by atoms with Crippen LogP contribution in [0.1, 0.15) is 17.7 Å². The van der Waals surface area contributed by atoms with Crippen LogP contribution in [0.2, 0.25) is 0 Å². The maximum Gasteiger partial charge on any atom is 0.416 e. The minimum atomic E-state index is -4.34. The lowest BCUT2D eigenvalue weighted by Gasteiger charge is -2.08. The molecule has 2 heterocycles. The van der Waals surface area contributed by atoms with E-state index in [1.807, 2.05) is 0 Å². The number of halogens is 4. The van der Waals surface area contributed by atoms with E-state index in [9.17, 15) is 18.0 Å². The summed E-state index contributed by atoms with van der Waals surface area (Å²) >= 11 is 1.34. The SMILES string of the molecule is Cl.O=C(NCc1csc(-c2ccc(C(F)(F)F)cc2)n1)C1CCNC1. The molecule has 4 nitrogen and oxygen atoms in total. The van der Waals surface area contributed by atoms with Gasteiger partial charge in [-0.3, -0.25) is 4.79 Å². The lowest BCUT2D eigenvalue weighted by atomic mass is 10.1. The van der Waals surface area contributed by atoms with Crippen molar-refractivity contribution < 1.29 is 18.0 Å². The molecule has 25 heavy (non-hydrogen) atoms. The van der Waals surface area contributed by atoms with Crippen molar-refractivity contribution in [1.29, 1.82) is 0 Å². The van der Waals surface area contributed by atoms with Crippen molar-refractivity contribution in [3.63, 3.8) is 0 Å². The molecule has 136 valence electrons. The van der Waals surface area contributed by atoms with E-state index in [1.54, 1.807) is 5.38 Å². The number of thiazole rings is 1. The number of nitrogens with one attached hydrogen (secondary N) is 2. The fourth-order valence-corrected chi connectivity index (χ4v) is 3.35. The molecule has 1 aliphatic heterocycles. The number of amides is 1. The van der Waals surface area contributed by atoms with Crippen LogP contribution in [0.4, 0.5) is 13.2 Å². The molecule has 1 aliphatic rings. The van der Waals surface area contributed by atoms with E-state index >= 15 is 0 Å². The molecule has 9 heteroatoms. The van der Waals surface area contributed by atoms with E-state index in [1.165, 1.54) is 23.5 Å². The summed E-state index contributed by atoms with van der Waals surface area (Å²) in [6, 6.07) is 4.92. The lowest BCUT2D eigenvalue weighted by Crippen LogP contribution is -2.31. The number of hydrogen-bond donors (Lipinski definition) is 2. The smallest absolute Gasteiger partial charge is 0.350 e. The number of rotatable bonds is 4. The first kappa shape index (κ1) is 19.7. The molecule has 0 aliphatic carbocycles. The molecule has 0 radical (unpaired) electrons. The van der Waals surface area contributed by atoms with E-state index in [2.05, 4.69) is 15.6 Å². The summed E-state index contributed by atoms with van der Waals surface area (Å²) in [7, 11) is 0. The molecule has 0 bridgehead atoms. The molecule has 1 atom stereocenters. The summed E-state index contributed by atoms with van der Waals surface area (Å²) in [5.41, 5.74) is 0.653. The number of aromatic nitrogens is 1. The Labute approximate surface area is 153 Å². The fourth-order valence-electron chi connectivity index (χ4n) is 2.52. The summed E-state index contributed by atoms with van der Waals surface area (Å²) in [5, 5.41) is 8.43. The highest BCUT2D eigenvalue weighted by atomic mass is 35.5. The summed E-state index contributed by atoms with van der Waals surface area (Å²) < 4.78 is 37.7. The van der Waals surface area contributed by atoms with Gasteiger partial charge in [0.15, 0.2) is 0 Å². The molecule has 2 N–H and O–H groups in total. The van der Waals surface area contributed by atoms with Crippen LogP contribution in [0.25, 0.3) is 10.6 Å². The first-order chi connectivity index (χ1) is 11.4. The molecule has 1 fully saturated rings. The number of alkyl halides is 3. The van der Waals surface area contributed by atoms with Crippen molar-refractivity contribution in [3.8, 4) is 10.6 Å². The highest BCUT2D eigenvalue weighted by molar-refractivity contribution is 7.13. The summed E-state index contributed by atoms with van der Waals surface area (Å²) in [6.07, 6.45) is -3.51. The molecule has 1 aromatic carbocycles. The predicted octanol–water partition coefficient (Wildman–Crippen LogP) is 3.48. The zero-order valence-corrected chi connectivity index (χ0v) is 14.7. The number of benzene rings is 1. The molecule has 1 unspecified atom stereocenters. The van der Waals surface area contributed by atoms with Crippen molar-refractivity contribution in [2.24, 2.45) is 5.92 Å². The maximum absolute atomic E-state index is 12.6. The van der Waals surface area contributed by atoms with Gasteiger partial charge in [0.1, 0.15) is 5.01 Å². The standard InChI is InChI=1S/C16H16F3N3OS.ClH/c17-16(18,19)12-3-1-10(2-4-12)15-22-13(9-24-15)8-21-14(23)11-5-6-20-7-11;/h1-4,9,11,20H,5-8H2,(H,21,23);1H. The molecule has 3 rings (SSSR count). The molecule has 1 amide bonds. The first-order valence-electron chi connectivity index (χ1n) is 7.54. The molecular weight excluding hydrogens is 375 g/mol. The number of nitrogens with zero attached hydrogens (tertiary/aromatic N) is 1. The lowest BCUT2D eigenvalue weighted by molar-refractivity contribution is -0.137. The van der Waals surface area contributed by atoms with Gasteiger partial charge in [-0.05, 0) is 25.1 Å². The molecule has 1 aromatic heterocycles. The average Bonchev–Trinajstić information content (AvgIpc) is 3.23. The summed E-state index contributed by atoms with van der Waals surface area (Å²) in [5.74, 6) is 0.00194. The Bertz CT molecular complexity index is 712. The highest BCUT2D eigenvalue weighted by Gasteiger charge is 2.30. The van der Waals surface area contributed by atoms with Crippen LogP contribution in [0.5, 0.6) is 0 Å². The third kappa shape index (κ3) is 4.93. The molecule has 1 saturated heterocycles. The van der Waals surface area contributed by atoms with Crippen LogP contribution in [-0.4, -0.2) is 24.0 Å². The Kier molecular flexibility index (Phi) is 6.42. The van der Waals surface area contributed by atoms with Crippen molar-refractivity contribution >= 4 is 29.7 Å². The van der Waals surface area contributed by atoms with Gasteiger partial charge in [-0.2, -0.15) is 13.2 Å². The quantitative estimate of drug-likeness (QED) is 0.839. The van der Waals surface area contributed by atoms with Gasteiger partial charge in [0.05, 0.1) is 23.7 Å². The van der Waals surface area contributed by atoms with Crippen LogP contribution in [-0.2, 0) is 17.5 Å². The molecular formula is C16H17ClF3N3OS. The van der Waals surface area contributed by atoms with Gasteiger partial charge in [-0.25, -0.2) is 4.98 Å². The number of carbonyl (C=O) groups is 1. The van der Waals surface area contributed by atoms with Gasteiger partial charge in [-0.1, -0.05) is 12.1 Å². The van der Waals surface area contributed by atoms with Crippen LogP contribution in [0.3, 0.4) is 0 Å². The van der Waals surface area contributed by atoms with E-state index in [4.69, 9.17) is 0 Å². The van der Waals surface area contributed by atoms with Gasteiger partial charge in [0, 0.05) is 17.5 Å². The van der Waals surface area contributed by atoms with Crippen LogP contribution >= 0.6 is 23.7 Å². The second-order valence-corrected chi connectivity index (χ2v) is 6.48. The van der Waals surface area contributed by atoms with Crippen molar-refractivity contribution in [1.82, 2.24) is 15.6 Å². The van der Waals surface area contributed by atoms with E-state index in [0.717, 1.165) is 25.1 Å².